The van der Waals surface area contributed by atoms with Crippen molar-refractivity contribution in [3.63, 3.8) is 0 Å². The van der Waals surface area contributed by atoms with E-state index in [-0.39, 0.29) is 23.8 Å². The number of nitriles is 1. The van der Waals surface area contributed by atoms with Crippen LogP contribution in [0, 0.1) is 11.3 Å². The number of fused-ring (bicyclic) bond motifs is 3. The summed E-state index contributed by atoms with van der Waals surface area (Å²) >= 11 is 0. The van der Waals surface area contributed by atoms with Crippen LogP contribution in [0.3, 0.4) is 0 Å². The number of likely N-dealkylation sites (tertiary alicyclic amines) is 1. The molecule has 0 unspecified atom stereocenters. The van der Waals surface area contributed by atoms with Crippen LogP contribution in [0.1, 0.15) is 38.1 Å². The second kappa shape index (κ2) is 8.66. The molecule has 11 nitrogen and oxygen atoms in total. The highest BCUT2D eigenvalue weighted by Crippen LogP contribution is 2.38. The molecule has 2 aliphatic rings. The number of aromatic nitrogens is 4. The van der Waals surface area contributed by atoms with Gasteiger partial charge in [-0.2, -0.15) is 5.26 Å². The van der Waals surface area contributed by atoms with Crippen molar-refractivity contribution in [1.82, 2.24) is 30.2 Å². The molecule has 5 rings (SSSR count). The monoisotopic (exact) mass is 484 g/mol. The van der Waals surface area contributed by atoms with E-state index in [2.05, 4.69) is 26.8 Å². The molecule has 11 heteroatoms. The molecule has 1 saturated heterocycles. The molecule has 3 amide bonds. The second-order valence-electron chi connectivity index (χ2n) is 9.35. The number of carbonyl (C=O) groups is 2. The van der Waals surface area contributed by atoms with Gasteiger partial charge in [-0.15, -0.1) is 0 Å². The molecule has 5 heterocycles. The van der Waals surface area contributed by atoms with E-state index in [1.807, 2.05) is 12.1 Å². The first kappa shape index (κ1) is 23.3. The molecule has 0 atom stereocenters. The van der Waals surface area contributed by atoms with Gasteiger partial charge in [-0.25, -0.2) is 19.7 Å². The minimum atomic E-state index is -1.45. The number of nitrogens with zero attached hydrogens (tertiary/aromatic N) is 7. The smallest absolute Gasteiger partial charge is 0.326 e. The zero-order chi connectivity index (χ0) is 25.6. The topological polar surface area (TPSA) is 148 Å². The summed E-state index contributed by atoms with van der Waals surface area (Å²) in [6.07, 6.45) is 5.80. The molecule has 2 N–H and O–H groups in total. The standard InChI is InChI=1S/C25H24N8O3/c1-14-17-13-27-19-5-4-18(15-11-28-20(10-26)29-12-15)31-21(19)22(17)33(24(35)30-14)16-6-8-32(9-7-16)23(34)25(2,3)36/h4-5,11-13,16,36H,1,6-9H2,2-3H3,(H,30,35). The van der Waals surface area contributed by atoms with Crippen LogP contribution in [0.2, 0.25) is 0 Å². The Balaban J connectivity index is 1.55. The number of piperidine rings is 1. The van der Waals surface area contributed by atoms with Crippen LogP contribution in [0.5, 0.6) is 0 Å². The van der Waals surface area contributed by atoms with Crippen LogP contribution in [0.4, 0.5) is 10.5 Å². The van der Waals surface area contributed by atoms with Gasteiger partial charge in [0.05, 0.1) is 16.9 Å². The third-order valence-electron chi connectivity index (χ3n) is 6.42. The molecular formula is C25H24N8O3. The lowest BCUT2D eigenvalue weighted by molar-refractivity contribution is -0.148. The molecule has 0 bridgehead atoms. The third-order valence-corrected chi connectivity index (χ3v) is 6.42. The largest absolute Gasteiger partial charge is 0.381 e. The van der Waals surface area contributed by atoms with E-state index in [0.29, 0.717) is 65.2 Å². The number of aliphatic hydroxyl groups is 1. The quantitative estimate of drug-likeness (QED) is 0.575. The maximum Gasteiger partial charge on any atom is 0.326 e. The molecule has 0 saturated carbocycles. The van der Waals surface area contributed by atoms with E-state index >= 15 is 0 Å². The second-order valence-corrected chi connectivity index (χ2v) is 9.35. The molecule has 3 aromatic heterocycles. The first-order chi connectivity index (χ1) is 17.2. The molecule has 1 fully saturated rings. The van der Waals surface area contributed by atoms with E-state index in [1.165, 1.54) is 26.2 Å². The van der Waals surface area contributed by atoms with Gasteiger partial charge in [0.15, 0.2) is 0 Å². The Morgan fingerprint density at radius 2 is 1.89 bits per heavy atom. The predicted molar refractivity (Wildman–Crippen MR) is 131 cm³/mol. The highest BCUT2D eigenvalue weighted by atomic mass is 16.3. The zero-order valence-corrected chi connectivity index (χ0v) is 19.9. The highest BCUT2D eigenvalue weighted by Gasteiger charge is 2.38. The molecule has 0 aromatic carbocycles. The minimum absolute atomic E-state index is 0.0622. The molecule has 0 radical (unpaired) electrons. The van der Waals surface area contributed by atoms with Crippen LogP contribution in [0.25, 0.3) is 28.0 Å². The number of hydrogen-bond donors (Lipinski definition) is 2. The van der Waals surface area contributed by atoms with Crippen LogP contribution < -0.4 is 10.2 Å². The van der Waals surface area contributed by atoms with Gasteiger partial charge in [0.1, 0.15) is 17.2 Å². The van der Waals surface area contributed by atoms with E-state index in [0.717, 1.165) is 0 Å². The van der Waals surface area contributed by atoms with Crippen LogP contribution >= 0.6 is 0 Å². The van der Waals surface area contributed by atoms with Crippen molar-refractivity contribution >= 4 is 34.4 Å². The van der Waals surface area contributed by atoms with Gasteiger partial charge in [-0.1, -0.05) is 6.58 Å². The summed E-state index contributed by atoms with van der Waals surface area (Å²) in [7, 11) is 0. The first-order valence-electron chi connectivity index (χ1n) is 11.5. The van der Waals surface area contributed by atoms with Gasteiger partial charge in [-0.05, 0) is 38.8 Å². The number of urea groups is 1. The summed E-state index contributed by atoms with van der Waals surface area (Å²) in [4.78, 5) is 46.5. The van der Waals surface area contributed by atoms with E-state index in [1.54, 1.807) is 22.1 Å². The van der Waals surface area contributed by atoms with E-state index in [9.17, 15) is 14.7 Å². The molecular weight excluding hydrogens is 460 g/mol. The normalized spacial score (nSPS) is 16.5. The highest BCUT2D eigenvalue weighted by molar-refractivity contribution is 6.11. The zero-order valence-electron chi connectivity index (χ0n) is 19.9. The Bertz CT molecular complexity index is 1430. The predicted octanol–water partition coefficient (Wildman–Crippen LogP) is 2.22. The Labute approximate surface area is 207 Å². The summed E-state index contributed by atoms with van der Waals surface area (Å²) in [5.41, 5.74) is 2.59. The van der Waals surface area contributed by atoms with Crippen molar-refractivity contribution in [1.29, 1.82) is 5.26 Å². The fraction of sp³-hybridized carbons (Fsp3) is 0.320. The van der Waals surface area contributed by atoms with Gasteiger partial charge in [0.25, 0.3) is 5.91 Å². The average molecular weight is 485 g/mol. The average Bonchev–Trinajstić information content (AvgIpc) is 2.87. The Morgan fingerprint density at radius 1 is 1.19 bits per heavy atom. The summed E-state index contributed by atoms with van der Waals surface area (Å²) in [6.45, 7) is 7.78. The number of carbonyl (C=O) groups excluding carboxylic acids is 2. The van der Waals surface area contributed by atoms with Crippen molar-refractivity contribution in [2.45, 2.75) is 38.3 Å². The lowest BCUT2D eigenvalue weighted by Crippen LogP contribution is -2.55. The van der Waals surface area contributed by atoms with Crippen LogP contribution in [0.15, 0.2) is 37.3 Å². The van der Waals surface area contributed by atoms with Crippen molar-refractivity contribution < 1.29 is 14.7 Å². The summed E-state index contributed by atoms with van der Waals surface area (Å²) in [5, 5.41) is 21.9. The Morgan fingerprint density at radius 3 is 2.53 bits per heavy atom. The van der Waals surface area contributed by atoms with Crippen molar-refractivity contribution in [3.8, 4) is 17.3 Å². The summed E-state index contributed by atoms with van der Waals surface area (Å²) < 4.78 is 0. The first-order valence-corrected chi connectivity index (χ1v) is 11.5. The number of hydrogen-bond acceptors (Lipinski definition) is 8. The number of nitrogens with one attached hydrogen (secondary N) is 1. The van der Waals surface area contributed by atoms with E-state index in [4.69, 9.17) is 10.2 Å². The SMILES string of the molecule is C=C1NC(=O)N(C2CCN(C(=O)C(C)(C)O)CC2)c2c1cnc1ccc(-c3cnc(C#N)nc3)nc21. The van der Waals surface area contributed by atoms with Crippen molar-refractivity contribution in [2.75, 3.05) is 18.0 Å². The Hall–Kier alpha value is -4.43. The number of rotatable bonds is 3. The summed E-state index contributed by atoms with van der Waals surface area (Å²) in [5.74, 6) is -0.268. The maximum absolute atomic E-state index is 13.2. The number of pyridine rings is 2. The van der Waals surface area contributed by atoms with Gasteiger partial charge in [0, 0.05) is 54.5 Å². The van der Waals surface area contributed by atoms with Gasteiger partial charge in [-0.3, -0.25) is 14.7 Å². The minimum Gasteiger partial charge on any atom is -0.381 e. The summed E-state index contributed by atoms with van der Waals surface area (Å²) in [6, 6.07) is 4.98. The fourth-order valence-corrected chi connectivity index (χ4v) is 4.62. The van der Waals surface area contributed by atoms with Crippen LogP contribution in [-0.4, -0.2) is 66.6 Å². The molecule has 182 valence electrons. The molecule has 0 aliphatic carbocycles. The van der Waals surface area contributed by atoms with Gasteiger partial charge >= 0.3 is 6.03 Å². The fourth-order valence-electron chi connectivity index (χ4n) is 4.62. The molecule has 36 heavy (non-hydrogen) atoms. The molecule has 3 aromatic rings. The van der Waals surface area contributed by atoms with Gasteiger partial charge < -0.3 is 15.3 Å². The molecule has 0 spiro atoms. The number of anilines is 1. The van der Waals surface area contributed by atoms with Crippen molar-refractivity contribution in [2.24, 2.45) is 0 Å². The van der Waals surface area contributed by atoms with Crippen LogP contribution in [-0.2, 0) is 4.79 Å². The Kier molecular flexibility index (Phi) is 5.61. The third kappa shape index (κ3) is 4.01. The maximum atomic E-state index is 13.2. The lowest BCUT2D eigenvalue weighted by Gasteiger charge is -2.42. The lowest BCUT2D eigenvalue weighted by atomic mass is 9.97. The van der Waals surface area contributed by atoms with Gasteiger partial charge in [0.2, 0.25) is 5.82 Å². The number of amides is 3. The molecule has 2 aliphatic heterocycles. The van der Waals surface area contributed by atoms with Crippen molar-refractivity contribution in [3.05, 3.63) is 48.7 Å². The van der Waals surface area contributed by atoms with E-state index < -0.39 is 5.60 Å².